The van der Waals surface area contributed by atoms with Gasteiger partial charge >= 0.3 is 5.97 Å². The highest BCUT2D eigenvalue weighted by Gasteiger charge is 2.15. The summed E-state index contributed by atoms with van der Waals surface area (Å²) in [6.07, 6.45) is 3.08. The van der Waals surface area contributed by atoms with Gasteiger partial charge in [0.05, 0.1) is 25.5 Å². The molecule has 7 heteroatoms. The smallest absolute Gasteiger partial charge is 0.337 e. The Hall–Kier alpha value is -4.05. The first-order chi connectivity index (χ1) is 14.4. The largest absolute Gasteiger partial charge is 0.467 e. The number of ether oxygens (including phenoxy) is 1. The van der Waals surface area contributed by atoms with Gasteiger partial charge in [-0.05, 0) is 61.9 Å². The molecule has 0 aliphatic rings. The summed E-state index contributed by atoms with van der Waals surface area (Å²) < 4.78 is 11.9. The van der Waals surface area contributed by atoms with Crippen LogP contribution in [0.2, 0.25) is 0 Å². The van der Waals surface area contributed by atoms with Crippen LogP contribution >= 0.6 is 0 Å². The summed E-state index contributed by atoms with van der Waals surface area (Å²) in [6.45, 7) is 4.00. The molecule has 0 atom stereocenters. The van der Waals surface area contributed by atoms with E-state index in [9.17, 15) is 14.9 Å². The zero-order chi connectivity index (χ0) is 21.7. The van der Waals surface area contributed by atoms with Crippen molar-refractivity contribution in [2.75, 3.05) is 7.11 Å². The van der Waals surface area contributed by atoms with Crippen LogP contribution in [0.15, 0.2) is 58.7 Å². The minimum Gasteiger partial charge on any atom is -0.467 e. The zero-order valence-corrected chi connectivity index (χ0v) is 16.9. The minimum absolute atomic E-state index is 0.00915. The summed E-state index contributed by atoms with van der Waals surface area (Å²) in [6, 6.07) is 14.4. The summed E-state index contributed by atoms with van der Waals surface area (Å²) in [5.74, 6) is -0.296. The number of carbonyl (C=O) groups is 2. The van der Waals surface area contributed by atoms with Crippen molar-refractivity contribution in [1.82, 2.24) is 9.88 Å². The monoisotopic (exact) mass is 403 g/mol. The first kappa shape index (κ1) is 20.7. The third-order valence-corrected chi connectivity index (χ3v) is 4.66. The number of hydrogen-bond donors (Lipinski definition) is 1. The molecule has 0 bridgehead atoms. The lowest BCUT2D eigenvalue weighted by Gasteiger charge is -2.11. The lowest BCUT2D eigenvalue weighted by Crippen LogP contribution is -2.23. The van der Waals surface area contributed by atoms with E-state index in [1.54, 1.807) is 36.4 Å². The van der Waals surface area contributed by atoms with E-state index in [1.807, 2.05) is 36.6 Å². The molecule has 0 aliphatic carbocycles. The van der Waals surface area contributed by atoms with Gasteiger partial charge < -0.3 is 19.0 Å². The highest BCUT2D eigenvalue weighted by Crippen LogP contribution is 2.23. The van der Waals surface area contributed by atoms with Crippen LogP contribution in [0.4, 0.5) is 0 Å². The Kier molecular flexibility index (Phi) is 6.18. The Morgan fingerprint density at radius 3 is 2.70 bits per heavy atom. The number of benzene rings is 1. The Bertz CT molecular complexity index is 1150. The molecule has 0 saturated carbocycles. The molecule has 1 aromatic carbocycles. The van der Waals surface area contributed by atoms with E-state index in [0.29, 0.717) is 11.3 Å². The van der Waals surface area contributed by atoms with Crippen molar-refractivity contribution in [3.8, 4) is 11.8 Å². The molecule has 0 unspecified atom stereocenters. The Morgan fingerprint density at radius 2 is 2.03 bits per heavy atom. The average molecular weight is 403 g/mol. The van der Waals surface area contributed by atoms with E-state index in [0.717, 1.165) is 22.6 Å². The molecule has 1 N–H and O–H groups in total. The van der Waals surface area contributed by atoms with Crippen molar-refractivity contribution in [2.24, 2.45) is 0 Å². The number of aryl methyl sites for hydroxylation is 1. The van der Waals surface area contributed by atoms with Crippen molar-refractivity contribution in [2.45, 2.75) is 20.4 Å². The second-order valence-corrected chi connectivity index (χ2v) is 6.64. The lowest BCUT2D eigenvalue weighted by atomic mass is 10.1. The number of nitrogens with zero attached hydrogens (tertiary/aromatic N) is 2. The number of hydrogen-bond acceptors (Lipinski definition) is 5. The van der Waals surface area contributed by atoms with Crippen LogP contribution in [-0.2, 0) is 16.1 Å². The number of amides is 1. The number of nitrogens with one attached hydrogen (secondary N) is 1. The summed E-state index contributed by atoms with van der Waals surface area (Å²) in [5.41, 5.74) is 3.68. The fourth-order valence-electron chi connectivity index (χ4n) is 3.20. The third-order valence-electron chi connectivity index (χ3n) is 4.66. The topological polar surface area (TPSA) is 97.3 Å². The van der Waals surface area contributed by atoms with E-state index < -0.39 is 11.9 Å². The first-order valence-corrected chi connectivity index (χ1v) is 9.24. The number of methoxy groups -OCH3 is 1. The molecule has 3 aromatic rings. The van der Waals surface area contributed by atoms with Crippen LogP contribution in [0.25, 0.3) is 11.8 Å². The van der Waals surface area contributed by atoms with Crippen LogP contribution in [0, 0.1) is 25.2 Å². The predicted octanol–water partition coefficient (Wildman–Crippen LogP) is 3.70. The number of carbonyl (C=O) groups excluding carboxylic acids is 2. The van der Waals surface area contributed by atoms with Crippen LogP contribution < -0.4 is 5.32 Å². The maximum atomic E-state index is 12.4. The minimum atomic E-state index is -0.480. The van der Waals surface area contributed by atoms with Crippen LogP contribution in [0.3, 0.4) is 0 Å². The van der Waals surface area contributed by atoms with E-state index >= 15 is 0 Å². The molecular formula is C23H21N3O4. The molecule has 7 nitrogen and oxygen atoms in total. The van der Waals surface area contributed by atoms with Gasteiger partial charge in [0.25, 0.3) is 5.91 Å². The van der Waals surface area contributed by atoms with Gasteiger partial charge in [0.1, 0.15) is 17.4 Å². The molecule has 0 spiro atoms. The van der Waals surface area contributed by atoms with Gasteiger partial charge in [-0.15, -0.1) is 0 Å². The summed E-state index contributed by atoms with van der Waals surface area (Å²) >= 11 is 0. The van der Waals surface area contributed by atoms with Crippen LogP contribution in [0.5, 0.6) is 0 Å². The SMILES string of the molecule is COC(=O)c1cccc(-n2c(C)cc(/C=C(/C#N)C(=O)NCc3ccco3)c2C)c1. The molecular weight excluding hydrogens is 382 g/mol. The second kappa shape index (κ2) is 8.97. The highest BCUT2D eigenvalue weighted by atomic mass is 16.5. The van der Waals surface area contributed by atoms with E-state index in [-0.39, 0.29) is 12.1 Å². The van der Waals surface area contributed by atoms with Crippen molar-refractivity contribution in [3.63, 3.8) is 0 Å². The molecule has 3 rings (SSSR count). The Morgan fingerprint density at radius 1 is 1.23 bits per heavy atom. The van der Waals surface area contributed by atoms with Gasteiger partial charge in [0.2, 0.25) is 0 Å². The normalized spacial score (nSPS) is 11.1. The number of rotatable bonds is 6. The Balaban J connectivity index is 1.89. The third kappa shape index (κ3) is 4.33. The van der Waals surface area contributed by atoms with E-state index in [1.165, 1.54) is 13.4 Å². The Labute approximate surface area is 174 Å². The van der Waals surface area contributed by atoms with Gasteiger partial charge in [-0.25, -0.2) is 4.79 Å². The number of aromatic nitrogens is 1. The molecule has 30 heavy (non-hydrogen) atoms. The van der Waals surface area contributed by atoms with Crippen molar-refractivity contribution in [3.05, 3.63) is 82.6 Å². The predicted molar refractivity (Wildman–Crippen MR) is 111 cm³/mol. The van der Waals surface area contributed by atoms with Crippen molar-refractivity contribution >= 4 is 18.0 Å². The summed E-state index contributed by atoms with van der Waals surface area (Å²) in [7, 11) is 1.34. The van der Waals surface area contributed by atoms with E-state index in [4.69, 9.17) is 9.15 Å². The zero-order valence-electron chi connectivity index (χ0n) is 16.9. The molecule has 152 valence electrons. The molecule has 1 amide bonds. The fraction of sp³-hybridized carbons (Fsp3) is 0.174. The highest BCUT2D eigenvalue weighted by molar-refractivity contribution is 6.01. The quantitative estimate of drug-likeness (QED) is 0.385. The van der Waals surface area contributed by atoms with Gasteiger partial charge in [-0.1, -0.05) is 6.07 Å². The number of furan rings is 1. The number of esters is 1. The van der Waals surface area contributed by atoms with Gasteiger partial charge in [0, 0.05) is 17.1 Å². The number of nitriles is 1. The maximum Gasteiger partial charge on any atom is 0.337 e. The summed E-state index contributed by atoms with van der Waals surface area (Å²) in [5, 5.41) is 12.1. The maximum absolute atomic E-state index is 12.4. The van der Waals surface area contributed by atoms with Crippen LogP contribution in [-0.4, -0.2) is 23.6 Å². The van der Waals surface area contributed by atoms with Gasteiger partial charge in [0.15, 0.2) is 0 Å². The molecule has 0 radical (unpaired) electrons. The molecule has 0 fully saturated rings. The van der Waals surface area contributed by atoms with Crippen molar-refractivity contribution < 1.29 is 18.7 Å². The average Bonchev–Trinajstić information content (AvgIpc) is 3.37. The van der Waals surface area contributed by atoms with Gasteiger partial charge in [-0.3, -0.25) is 4.79 Å². The van der Waals surface area contributed by atoms with Crippen LogP contribution in [0.1, 0.15) is 33.1 Å². The molecule has 2 aromatic heterocycles. The lowest BCUT2D eigenvalue weighted by molar-refractivity contribution is -0.117. The fourth-order valence-corrected chi connectivity index (χ4v) is 3.20. The molecule has 0 aliphatic heterocycles. The first-order valence-electron chi connectivity index (χ1n) is 9.24. The second-order valence-electron chi connectivity index (χ2n) is 6.64. The standard InChI is InChI=1S/C23H21N3O4/c1-15-10-18(11-19(13-24)22(27)25-14-21-8-5-9-30-21)16(2)26(15)20-7-4-6-17(12-20)23(28)29-3/h4-12H,14H2,1-3H3,(H,25,27)/b19-11-. The van der Waals surface area contributed by atoms with Gasteiger partial charge in [-0.2, -0.15) is 5.26 Å². The molecule has 2 heterocycles. The van der Waals surface area contributed by atoms with E-state index in [2.05, 4.69) is 5.32 Å². The molecule has 0 saturated heterocycles. The van der Waals surface area contributed by atoms with Crippen molar-refractivity contribution in [1.29, 1.82) is 5.26 Å². The summed E-state index contributed by atoms with van der Waals surface area (Å²) in [4.78, 5) is 24.2.